The Kier molecular flexibility index (Phi) is 6.60. The van der Waals surface area contributed by atoms with Crippen LogP contribution in [-0.4, -0.2) is 38.3 Å². The Hall–Kier alpha value is -2.99. The minimum atomic E-state index is -1.69. The highest BCUT2D eigenvalue weighted by Crippen LogP contribution is 2.56. The Balaban J connectivity index is 2.34. The molecule has 8 heteroatoms. The fraction of sp³-hybridized carbons (Fsp3) is 0.435. The zero-order valence-electron chi connectivity index (χ0n) is 17.8. The standard InChI is InChI=1S/C23H24BrN5O2/c1-4-30-19-8-15(18(24)9-20(19)31-5-2)21-17-11-29(3)7-6-14(17)16(10-25)22(28)23(21,12-26)13-27/h6,8-9,17,21H,4-5,7,11,28H2,1-3H3/t17-,21-/m1/s1. The van der Waals surface area contributed by atoms with Crippen molar-refractivity contribution in [2.75, 3.05) is 33.4 Å². The predicted octanol–water partition coefficient (Wildman–Crippen LogP) is 3.60. The lowest BCUT2D eigenvalue weighted by Gasteiger charge is -2.45. The van der Waals surface area contributed by atoms with Crippen molar-refractivity contribution in [1.29, 1.82) is 15.8 Å². The molecule has 0 saturated carbocycles. The quantitative estimate of drug-likeness (QED) is 0.681. The van der Waals surface area contributed by atoms with Crippen molar-refractivity contribution in [1.82, 2.24) is 4.90 Å². The number of hydrogen-bond acceptors (Lipinski definition) is 7. The molecule has 1 aromatic rings. The molecule has 2 N–H and O–H groups in total. The number of nitriles is 3. The van der Waals surface area contributed by atoms with Crippen molar-refractivity contribution in [2.24, 2.45) is 17.1 Å². The summed E-state index contributed by atoms with van der Waals surface area (Å²) in [5.41, 5.74) is 6.45. The molecular formula is C23H24BrN5O2. The first kappa shape index (κ1) is 22.7. The second kappa shape index (κ2) is 9.02. The van der Waals surface area contributed by atoms with E-state index in [1.807, 2.05) is 33.0 Å². The summed E-state index contributed by atoms with van der Waals surface area (Å²) in [6.45, 7) is 5.92. The van der Waals surface area contributed by atoms with Crippen molar-refractivity contribution < 1.29 is 9.47 Å². The van der Waals surface area contributed by atoms with Crippen molar-refractivity contribution in [3.05, 3.63) is 45.1 Å². The van der Waals surface area contributed by atoms with Crippen LogP contribution in [0.25, 0.3) is 0 Å². The maximum Gasteiger partial charge on any atom is 0.191 e. The Bertz CT molecular complexity index is 1060. The van der Waals surface area contributed by atoms with Crippen LogP contribution in [0.5, 0.6) is 11.5 Å². The number of halogens is 1. The molecule has 3 rings (SSSR count). The molecule has 0 aromatic heterocycles. The average molecular weight is 482 g/mol. The van der Waals surface area contributed by atoms with Crippen molar-refractivity contribution in [3.63, 3.8) is 0 Å². The van der Waals surface area contributed by atoms with Gasteiger partial charge in [0.25, 0.3) is 0 Å². The molecule has 160 valence electrons. The average Bonchev–Trinajstić information content (AvgIpc) is 2.76. The van der Waals surface area contributed by atoms with E-state index >= 15 is 0 Å². The zero-order chi connectivity index (χ0) is 22.8. The Labute approximate surface area is 191 Å². The second-order valence-electron chi connectivity index (χ2n) is 7.58. The van der Waals surface area contributed by atoms with Gasteiger partial charge in [0.05, 0.1) is 36.6 Å². The topological polar surface area (TPSA) is 119 Å². The summed E-state index contributed by atoms with van der Waals surface area (Å²) in [5, 5.41) is 30.2. The molecule has 1 heterocycles. The highest BCUT2D eigenvalue weighted by molar-refractivity contribution is 9.10. The van der Waals surface area contributed by atoms with Crippen LogP contribution >= 0.6 is 15.9 Å². The molecule has 2 aliphatic rings. The van der Waals surface area contributed by atoms with Crippen LogP contribution in [0.15, 0.2) is 39.5 Å². The summed E-state index contributed by atoms with van der Waals surface area (Å²) in [6.07, 6.45) is 1.97. The third kappa shape index (κ3) is 3.65. The number of likely N-dealkylation sites (N-methyl/N-ethyl adjacent to an activating group) is 1. The Morgan fingerprint density at radius 1 is 1.16 bits per heavy atom. The van der Waals surface area contributed by atoms with E-state index in [9.17, 15) is 15.8 Å². The number of fused-ring (bicyclic) bond motifs is 1. The largest absolute Gasteiger partial charge is 0.490 e. The SMILES string of the molecule is CCOc1cc(Br)c([C@@H]2[C@@H]3CN(C)CC=C3C(C#N)=C(N)C2(C#N)C#N)cc1OCC. The van der Waals surface area contributed by atoms with E-state index in [0.29, 0.717) is 42.3 Å². The van der Waals surface area contributed by atoms with Crippen LogP contribution in [0.3, 0.4) is 0 Å². The third-order valence-corrected chi connectivity index (χ3v) is 6.53. The van der Waals surface area contributed by atoms with Crippen molar-refractivity contribution >= 4 is 15.9 Å². The Morgan fingerprint density at radius 3 is 2.32 bits per heavy atom. The molecule has 0 spiro atoms. The first-order valence-electron chi connectivity index (χ1n) is 10.1. The Morgan fingerprint density at radius 2 is 1.77 bits per heavy atom. The summed E-state index contributed by atoms with van der Waals surface area (Å²) in [4.78, 5) is 2.10. The normalized spacial score (nSPS) is 22.4. The predicted molar refractivity (Wildman–Crippen MR) is 119 cm³/mol. The van der Waals surface area contributed by atoms with Gasteiger partial charge in [0, 0.05) is 29.4 Å². The lowest BCUT2D eigenvalue weighted by atomic mass is 9.58. The minimum absolute atomic E-state index is 0.01000. The molecule has 1 aliphatic heterocycles. The smallest absolute Gasteiger partial charge is 0.191 e. The molecule has 0 fully saturated rings. The number of allylic oxidation sites excluding steroid dienone is 2. The van der Waals surface area contributed by atoms with Gasteiger partial charge in [-0.1, -0.05) is 22.0 Å². The lowest BCUT2D eigenvalue weighted by Crippen LogP contribution is -2.47. The number of rotatable bonds is 5. The molecule has 2 atom stereocenters. The highest BCUT2D eigenvalue weighted by atomic mass is 79.9. The number of ether oxygens (including phenoxy) is 2. The van der Waals surface area contributed by atoms with E-state index < -0.39 is 11.3 Å². The van der Waals surface area contributed by atoms with E-state index in [4.69, 9.17) is 15.2 Å². The zero-order valence-corrected chi connectivity index (χ0v) is 19.4. The number of nitrogens with two attached hydrogens (primary N) is 1. The van der Waals surface area contributed by atoms with Gasteiger partial charge in [0.1, 0.15) is 6.07 Å². The van der Waals surface area contributed by atoms with E-state index in [1.54, 1.807) is 6.07 Å². The van der Waals surface area contributed by atoms with Gasteiger partial charge < -0.3 is 20.1 Å². The second-order valence-corrected chi connectivity index (χ2v) is 8.44. The van der Waals surface area contributed by atoms with Gasteiger partial charge in [0.2, 0.25) is 0 Å². The third-order valence-electron chi connectivity index (χ3n) is 5.84. The molecular weight excluding hydrogens is 458 g/mol. The monoisotopic (exact) mass is 481 g/mol. The maximum absolute atomic E-state index is 10.2. The van der Waals surface area contributed by atoms with Crippen molar-refractivity contribution in [3.8, 4) is 29.7 Å². The summed E-state index contributed by atoms with van der Waals surface area (Å²) in [7, 11) is 1.97. The molecule has 0 radical (unpaired) electrons. The molecule has 0 saturated heterocycles. The summed E-state index contributed by atoms with van der Waals surface area (Å²) in [5.74, 6) is 0.255. The van der Waals surface area contributed by atoms with Gasteiger partial charge in [-0.3, -0.25) is 0 Å². The van der Waals surface area contributed by atoms with Crippen LogP contribution in [0.2, 0.25) is 0 Å². The first-order chi connectivity index (χ1) is 14.9. The number of nitrogens with zero attached hydrogens (tertiary/aromatic N) is 4. The molecule has 0 bridgehead atoms. The fourth-order valence-electron chi connectivity index (χ4n) is 4.49. The molecule has 0 unspecified atom stereocenters. The van der Waals surface area contributed by atoms with Gasteiger partial charge >= 0.3 is 0 Å². The molecule has 31 heavy (non-hydrogen) atoms. The number of hydrogen-bond donors (Lipinski definition) is 1. The van der Waals surface area contributed by atoms with E-state index in [-0.39, 0.29) is 17.2 Å². The van der Waals surface area contributed by atoms with Gasteiger partial charge in [-0.05, 0) is 44.2 Å². The fourth-order valence-corrected chi connectivity index (χ4v) is 5.06. The van der Waals surface area contributed by atoms with Gasteiger partial charge in [-0.15, -0.1) is 0 Å². The molecule has 0 amide bonds. The van der Waals surface area contributed by atoms with E-state index in [0.717, 1.165) is 11.1 Å². The number of benzene rings is 1. The highest BCUT2D eigenvalue weighted by Gasteiger charge is 2.54. The van der Waals surface area contributed by atoms with E-state index in [2.05, 4.69) is 39.0 Å². The summed E-state index contributed by atoms with van der Waals surface area (Å²) >= 11 is 3.62. The molecule has 7 nitrogen and oxygen atoms in total. The molecule has 1 aromatic carbocycles. The molecule has 1 aliphatic carbocycles. The van der Waals surface area contributed by atoms with Gasteiger partial charge in [-0.25, -0.2) is 0 Å². The van der Waals surface area contributed by atoms with Crippen LogP contribution in [-0.2, 0) is 0 Å². The minimum Gasteiger partial charge on any atom is -0.490 e. The van der Waals surface area contributed by atoms with Gasteiger partial charge in [-0.2, -0.15) is 15.8 Å². The first-order valence-corrected chi connectivity index (χ1v) is 10.9. The van der Waals surface area contributed by atoms with Gasteiger partial charge in [0.15, 0.2) is 16.9 Å². The van der Waals surface area contributed by atoms with E-state index in [1.165, 1.54) is 0 Å². The van der Waals surface area contributed by atoms with Crippen LogP contribution in [0.1, 0.15) is 25.3 Å². The van der Waals surface area contributed by atoms with Crippen LogP contribution < -0.4 is 15.2 Å². The van der Waals surface area contributed by atoms with Crippen LogP contribution in [0, 0.1) is 45.3 Å². The van der Waals surface area contributed by atoms with Crippen molar-refractivity contribution in [2.45, 2.75) is 19.8 Å². The lowest BCUT2D eigenvalue weighted by molar-refractivity contribution is 0.236. The summed E-state index contributed by atoms with van der Waals surface area (Å²) in [6, 6.07) is 10.1. The maximum atomic E-state index is 10.2. The van der Waals surface area contributed by atoms with Crippen LogP contribution in [0.4, 0.5) is 0 Å². The summed E-state index contributed by atoms with van der Waals surface area (Å²) < 4.78 is 12.2.